The normalized spacial score (nSPS) is 11.2. The number of rotatable bonds is 7. The Kier molecular flexibility index (Phi) is 6.51. The van der Waals surface area contributed by atoms with Crippen LogP contribution in [0.2, 0.25) is 0 Å². The Bertz CT molecular complexity index is 1240. The number of hydrogen-bond acceptors (Lipinski definition) is 6. The lowest BCUT2D eigenvalue weighted by Crippen LogP contribution is -2.19. The Morgan fingerprint density at radius 3 is 2.34 bits per heavy atom. The van der Waals surface area contributed by atoms with Gasteiger partial charge in [0, 0.05) is 11.3 Å². The van der Waals surface area contributed by atoms with Crippen LogP contribution in [0.3, 0.4) is 0 Å². The average Bonchev–Trinajstić information content (AvgIpc) is 3.39. The number of furan rings is 1. The molecular formula is C24H23N5O2S. The molecule has 4 rings (SSSR count). The lowest BCUT2D eigenvalue weighted by Gasteiger charge is -2.11. The van der Waals surface area contributed by atoms with Crippen molar-refractivity contribution in [2.45, 2.75) is 25.9 Å². The maximum Gasteiger partial charge on any atom is 0.250 e. The summed E-state index contributed by atoms with van der Waals surface area (Å²) in [5.74, 6) is 1.99. The Morgan fingerprint density at radius 1 is 1.00 bits per heavy atom. The maximum atomic E-state index is 12.3. The molecule has 0 aliphatic carbocycles. The van der Waals surface area contributed by atoms with Gasteiger partial charge >= 0.3 is 0 Å². The van der Waals surface area contributed by atoms with Crippen LogP contribution in [0.4, 0.5) is 0 Å². The van der Waals surface area contributed by atoms with Gasteiger partial charge in [-0.3, -0.25) is 9.36 Å². The zero-order chi connectivity index (χ0) is 22.5. The fourth-order valence-electron chi connectivity index (χ4n) is 3.03. The molecule has 0 aliphatic rings. The number of amides is 1. The number of aryl methyl sites for hydroxylation is 3. The summed E-state index contributed by atoms with van der Waals surface area (Å²) in [6.45, 7) is 5.94. The van der Waals surface area contributed by atoms with Crippen LogP contribution in [0.1, 0.15) is 22.6 Å². The van der Waals surface area contributed by atoms with E-state index in [-0.39, 0.29) is 11.7 Å². The van der Waals surface area contributed by atoms with Crippen molar-refractivity contribution in [3.8, 4) is 17.1 Å². The van der Waals surface area contributed by atoms with Crippen molar-refractivity contribution in [3.63, 3.8) is 0 Å². The van der Waals surface area contributed by atoms with Crippen molar-refractivity contribution < 1.29 is 9.21 Å². The second-order valence-electron chi connectivity index (χ2n) is 7.37. The molecule has 2 aromatic heterocycles. The highest BCUT2D eigenvalue weighted by Crippen LogP contribution is 2.28. The van der Waals surface area contributed by atoms with Crippen molar-refractivity contribution in [2.24, 2.45) is 5.10 Å². The van der Waals surface area contributed by atoms with Crippen LogP contribution in [0.25, 0.3) is 17.1 Å². The van der Waals surface area contributed by atoms with Gasteiger partial charge in [0.05, 0.1) is 12.0 Å². The SMILES string of the molecule is Cc1ccc(-c2nnc(SCC(=O)N/N=C/c3ccc(C)o3)n2-c2ccc(C)cc2)cc1. The Hall–Kier alpha value is -3.65. The molecule has 0 radical (unpaired) electrons. The van der Waals surface area contributed by atoms with Crippen LogP contribution in [0.15, 0.2) is 75.3 Å². The van der Waals surface area contributed by atoms with Crippen LogP contribution >= 0.6 is 11.8 Å². The third-order valence-electron chi connectivity index (χ3n) is 4.71. The minimum atomic E-state index is -0.245. The lowest BCUT2D eigenvalue weighted by molar-refractivity contribution is -0.118. The molecule has 1 amide bonds. The molecule has 7 nitrogen and oxygen atoms in total. The molecule has 2 heterocycles. The first-order valence-electron chi connectivity index (χ1n) is 10.1. The highest BCUT2D eigenvalue weighted by atomic mass is 32.2. The second-order valence-corrected chi connectivity index (χ2v) is 8.32. The van der Waals surface area contributed by atoms with E-state index in [4.69, 9.17) is 4.42 Å². The zero-order valence-corrected chi connectivity index (χ0v) is 18.9. The van der Waals surface area contributed by atoms with E-state index in [1.54, 1.807) is 6.07 Å². The summed E-state index contributed by atoms with van der Waals surface area (Å²) in [5.41, 5.74) is 6.74. The van der Waals surface area contributed by atoms with E-state index in [2.05, 4.69) is 20.7 Å². The molecule has 4 aromatic rings. The van der Waals surface area contributed by atoms with Gasteiger partial charge in [-0.15, -0.1) is 10.2 Å². The first-order chi connectivity index (χ1) is 15.5. The van der Waals surface area contributed by atoms with Crippen molar-refractivity contribution in [1.82, 2.24) is 20.2 Å². The van der Waals surface area contributed by atoms with E-state index in [1.165, 1.54) is 23.5 Å². The molecule has 0 spiro atoms. The number of nitrogens with one attached hydrogen (secondary N) is 1. The quantitative estimate of drug-likeness (QED) is 0.253. The summed E-state index contributed by atoms with van der Waals surface area (Å²) in [7, 11) is 0. The minimum Gasteiger partial charge on any atom is -0.460 e. The fourth-order valence-corrected chi connectivity index (χ4v) is 3.78. The van der Waals surface area contributed by atoms with E-state index < -0.39 is 0 Å². The summed E-state index contributed by atoms with van der Waals surface area (Å²) in [6.07, 6.45) is 1.47. The summed E-state index contributed by atoms with van der Waals surface area (Å²) >= 11 is 1.30. The largest absolute Gasteiger partial charge is 0.460 e. The minimum absolute atomic E-state index is 0.145. The van der Waals surface area contributed by atoms with E-state index >= 15 is 0 Å². The third kappa shape index (κ3) is 5.15. The first-order valence-corrected chi connectivity index (χ1v) is 11.1. The summed E-state index contributed by atoms with van der Waals surface area (Å²) < 4.78 is 7.36. The number of hydrazone groups is 1. The van der Waals surface area contributed by atoms with Gasteiger partial charge in [0.1, 0.15) is 11.5 Å². The zero-order valence-electron chi connectivity index (χ0n) is 18.1. The van der Waals surface area contributed by atoms with Gasteiger partial charge in [-0.2, -0.15) is 5.10 Å². The van der Waals surface area contributed by atoms with Crippen LogP contribution in [0, 0.1) is 20.8 Å². The molecule has 0 atom stereocenters. The number of benzene rings is 2. The van der Waals surface area contributed by atoms with Gasteiger partial charge in [0.2, 0.25) is 0 Å². The number of thioether (sulfide) groups is 1. The lowest BCUT2D eigenvalue weighted by atomic mass is 10.1. The van der Waals surface area contributed by atoms with E-state index in [0.29, 0.717) is 10.9 Å². The molecule has 0 bridgehead atoms. The molecule has 0 saturated heterocycles. The number of hydrogen-bond donors (Lipinski definition) is 1. The predicted molar refractivity (Wildman–Crippen MR) is 126 cm³/mol. The topological polar surface area (TPSA) is 85.3 Å². The molecule has 8 heteroatoms. The van der Waals surface area contributed by atoms with Gasteiger partial charge < -0.3 is 4.42 Å². The Balaban J connectivity index is 1.52. The number of carbonyl (C=O) groups excluding carboxylic acids is 1. The summed E-state index contributed by atoms with van der Waals surface area (Å²) in [4.78, 5) is 12.3. The molecular weight excluding hydrogens is 422 g/mol. The number of nitrogens with zero attached hydrogens (tertiary/aromatic N) is 4. The third-order valence-corrected chi connectivity index (χ3v) is 5.64. The monoisotopic (exact) mass is 445 g/mol. The van der Waals surface area contributed by atoms with Crippen molar-refractivity contribution in [3.05, 3.63) is 83.3 Å². The molecule has 0 fully saturated rings. The summed E-state index contributed by atoms with van der Waals surface area (Å²) in [6, 6.07) is 19.9. The second kappa shape index (κ2) is 9.65. The van der Waals surface area contributed by atoms with Crippen molar-refractivity contribution >= 4 is 23.9 Å². The predicted octanol–water partition coefficient (Wildman–Crippen LogP) is 4.69. The van der Waals surface area contributed by atoms with Crippen molar-refractivity contribution in [1.29, 1.82) is 0 Å². The van der Waals surface area contributed by atoms with Gasteiger partial charge in [-0.1, -0.05) is 59.3 Å². The van der Waals surface area contributed by atoms with Gasteiger partial charge in [0.25, 0.3) is 5.91 Å². The molecule has 32 heavy (non-hydrogen) atoms. The fraction of sp³-hybridized carbons (Fsp3) is 0.167. The molecule has 0 aliphatic heterocycles. The van der Waals surface area contributed by atoms with Crippen LogP contribution in [-0.4, -0.2) is 32.6 Å². The molecule has 0 saturated carbocycles. The van der Waals surface area contributed by atoms with Crippen molar-refractivity contribution in [2.75, 3.05) is 5.75 Å². The maximum absolute atomic E-state index is 12.3. The van der Waals surface area contributed by atoms with Crippen LogP contribution in [0.5, 0.6) is 0 Å². The Labute approximate surface area is 190 Å². The molecule has 2 aromatic carbocycles. The number of aromatic nitrogens is 3. The van der Waals surface area contributed by atoms with E-state index in [0.717, 1.165) is 28.4 Å². The number of carbonyl (C=O) groups is 1. The average molecular weight is 446 g/mol. The Morgan fingerprint density at radius 2 is 1.69 bits per heavy atom. The highest BCUT2D eigenvalue weighted by molar-refractivity contribution is 7.99. The van der Waals surface area contributed by atoms with Crippen LogP contribution in [-0.2, 0) is 4.79 Å². The first kappa shape index (κ1) is 21.6. The van der Waals surface area contributed by atoms with Crippen LogP contribution < -0.4 is 5.43 Å². The van der Waals surface area contributed by atoms with Gasteiger partial charge in [-0.25, -0.2) is 5.43 Å². The van der Waals surface area contributed by atoms with E-state index in [9.17, 15) is 4.79 Å². The molecule has 1 N–H and O–H groups in total. The molecule has 0 unspecified atom stereocenters. The highest BCUT2D eigenvalue weighted by Gasteiger charge is 2.17. The molecule has 162 valence electrons. The van der Waals surface area contributed by atoms with Gasteiger partial charge in [0.15, 0.2) is 11.0 Å². The van der Waals surface area contributed by atoms with Gasteiger partial charge in [-0.05, 0) is 45.0 Å². The summed E-state index contributed by atoms with van der Waals surface area (Å²) in [5, 5.41) is 13.3. The standard InChI is InChI=1S/C24H23N5O2S/c1-16-4-9-19(10-5-16)23-27-28-24(29(23)20-11-6-17(2)7-12-20)32-15-22(30)26-25-14-21-13-8-18(3)31-21/h4-14H,15H2,1-3H3,(H,26,30)/b25-14+. The smallest absolute Gasteiger partial charge is 0.250 e. The van der Waals surface area contributed by atoms with E-state index in [1.807, 2.05) is 79.9 Å².